The molecule has 3 aromatic rings. The van der Waals surface area contributed by atoms with E-state index in [2.05, 4.69) is 17.9 Å². The van der Waals surface area contributed by atoms with Gasteiger partial charge in [-0.25, -0.2) is 4.98 Å². The number of ether oxygens (including phenoxy) is 1. The second kappa shape index (κ2) is 8.42. The second-order valence-corrected chi connectivity index (χ2v) is 9.92. The van der Waals surface area contributed by atoms with Gasteiger partial charge in [0.2, 0.25) is 5.91 Å². The number of anilines is 1. The van der Waals surface area contributed by atoms with Crippen molar-refractivity contribution < 1.29 is 9.53 Å². The van der Waals surface area contributed by atoms with Crippen LogP contribution in [0.25, 0.3) is 10.2 Å². The molecule has 2 aliphatic rings. The molecule has 0 spiro atoms. The molecule has 5 rings (SSSR count). The van der Waals surface area contributed by atoms with E-state index in [1.807, 2.05) is 36.9 Å². The van der Waals surface area contributed by atoms with Gasteiger partial charge in [0.15, 0.2) is 0 Å². The van der Waals surface area contributed by atoms with Gasteiger partial charge in [0.25, 0.3) is 5.56 Å². The summed E-state index contributed by atoms with van der Waals surface area (Å²) in [5.41, 5.74) is 2.96. The first-order chi connectivity index (χ1) is 15.4. The van der Waals surface area contributed by atoms with Gasteiger partial charge in [0.05, 0.1) is 25.1 Å². The van der Waals surface area contributed by atoms with Gasteiger partial charge < -0.3 is 9.64 Å². The number of thiophene rings is 1. The molecule has 1 aromatic carbocycles. The molecule has 0 N–H and O–H groups in total. The number of hydrogen-bond acceptors (Lipinski definition) is 6. The van der Waals surface area contributed by atoms with Gasteiger partial charge in [-0.1, -0.05) is 18.2 Å². The normalized spacial score (nSPS) is 19.0. The summed E-state index contributed by atoms with van der Waals surface area (Å²) >= 11 is 1.55. The van der Waals surface area contributed by atoms with Gasteiger partial charge in [0.1, 0.15) is 17.2 Å². The summed E-state index contributed by atoms with van der Waals surface area (Å²) in [5, 5.41) is 0.640. The Bertz CT molecular complexity index is 1240. The first kappa shape index (κ1) is 21.3. The minimum absolute atomic E-state index is 0.00550. The number of carbonyl (C=O) groups excluding carboxylic acids is 1. The predicted octanol–water partition coefficient (Wildman–Crippen LogP) is 2.88. The maximum Gasteiger partial charge on any atom is 0.263 e. The molecule has 0 unspecified atom stereocenters. The van der Waals surface area contributed by atoms with Crippen molar-refractivity contribution in [3.63, 3.8) is 0 Å². The Morgan fingerprint density at radius 3 is 2.75 bits per heavy atom. The molecule has 1 atom stereocenters. The van der Waals surface area contributed by atoms with E-state index in [1.165, 1.54) is 5.56 Å². The number of nitrogens with zero attached hydrogens (tertiary/aromatic N) is 4. The molecule has 0 saturated carbocycles. The molecule has 168 valence electrons. The number of fused-ring (bicyclic) bond motifs is 2. The van der Waals surface area contributed by atoms with E-state index in [9.17, 15) is 9.59 Å². The number of morpholine rings is 1. The summed E-state index contributed by atoms with van der Waals surface area (Å²) in [4.78, 5) is 38.0. The van der Waals surface area contributed by atoms with Crippen LogP contribution in [0.1, 0.15) is 28.8 Å². The minimum Gasteiger partial charge on any atom is -0.379 e. The van der Waals surface area contributed by atoms with Crippen molar-refractivity contribution in [3.8, 4) is 0 Å². The highest BCUT2D eigenvalue weighted by atomic mass is 32.1. The van der Waals surface area contributed by atoms with Crippen LogP contribution in [0.4, 0.5) is 5.69 Å². The summed E-state index contributed by atoms with van der Waals surface area (Å²) in [6.07, 6.45) is 0.831. The fraction of sp³-hybridized carbons (Fsp3) is 0.458. The molecule has 0 bridgehead atoms. The molecule has 1 saturated heterocycles. The molecule has 0 aliphatic carbocycles. The summed E-state index contributed by atoms with van der Waals surface area (Å²) in [7, 11) is 0. The highest BCUT2D eigenvalue weighted by Crippen LogP contribution is 2.32. The first-order valence-electron chi connectivity index (χ1n) is 11.1. The van der Waals surface area contributed by atoms with Crippen LogP contribution in [-0.2, 0) is 29.0 Å². The van der Waals surface area contributed by atoms with E-state index in [0.29, 0.717) is 31.0 Å². The number of para-hydroxylation sites is 1. The van der Waals surface area contributed by atoms with Crippen molar-refractivity contribution in [2.75, 3.05) is 31.2 Å². The third-order valence-electron chi connectivity index (χ3n) is 6.61. The van der Waals surface area contributed by atoms with Crippen LogP contribution in [0.2, 0.25) is 0 Å². The van der Waals surface area contributed by atoms with Crippen molar-refractivity contribution >= 4 is 33.1 Å². The number of aromatic nitrogens is 2. The van der Waals surface area contributed by atoms with E-state index < -0.39 is 0 Å². The third kappa shape index (κ3) is 3.66. The van der Waals surface area contributed by atoms with Gasteiger partial charge in [0, 0.05) is 29.7 Å². The van der Waals surface area contributed by atoms with Crippen molar-refractivity contribution in [2.45, 2.75) is 46.3 Å². The van der Waals surface area contributed by atoms with Gasteiger partial charge in [-0.15, -0.1) is 11.3 Å². The number of amides is 1. The van der Waals surface area contributed by atoms with Crippen molar-refractivity contribution in [1.82, 2.24) is 14.5 Å². The van der Waals surface area contributed by atoms with Gasteiger partial charge in [-0.05, 0) is 44.4 Å². The molecule has 2 aliphatic heterocycles. The fourth-order valence-corrected chi connectivity index (χ4v) is 5.81. The molecule has 32 heavy (non-hydrogen) atoms. The van der Waals surface area contributed by atoms with Gasteiger partial charge >= 0.3 is 0 Å². The maximum atomic E-state index is 13.6. The molecule has 1 fully saturated rings. The van der Waals surface area contributed by atoms with Crippen LogP contribution in [0.5, 0.6) is 0 Å². The van der Waals surface area contributed by atoms with E-state index in [0.717, 1.165) is 40.5 Å². The Kier molecular flexibility index (Phi) is 5.61. The Labute approximate surface area is 191 Å². The average molecular weight is 453 g/mol. The Hall–Kier alpha value is -2.55. The molecule has 8 heteroatoms. The highest BCUT2D eigenvalue weighted by Gasteiger charge is 2.31. The number of carbonyl (C=O) groups is 1. The Morgan fingerprint density at radius 2 is 1.97 bits per heavy atom. The minimum atomic E-state index is -0.117. The zero-order valence-corrected chi connectivity index (χ0v) is 19.6. The fourth-order valence-electron chi connectivity index (χ4n) is 4.77. The largest absolute Gasteiger partial charge is 0.379 e. The average Bonchev–Trinajstić information content (AvgIpc) is 3.26. The maximum absolute atomic E-state index is 13.6. The van der Waals surface area contributed by atoms with E-state index >= 15 is 0 Å². The SMILES string of the molecule is Cc1sc2nc(CN3CCOCC3)n(CC(=O)N3c4ccccc4C[C@@H]3C)c(=O)c2c1C. The molecule has 4 heterocycles. The number of benzene rings is 1. The van der Waals surface area contributed by atoms with Crippen LogP contribution in [-0.4, -0.2) is 52.7 Å². The second-order valence-electron chi connectivity index (χ2n) is 8.72. The lowest BCUT2D eigenvalue weighted by atomic mass is 10.1. The lowest BCUT2D eigenvalue weighted by Gasteiger charge is -2.28. The smallest absolute Gasteiger partial charge is 0.263 e. The zero-order chi connectivity index (χ0) is 22.4. The van der Waals surface area contributed by atoms with Crippen molar-refractivity contribution in [3.05, 3.63) is 56.4 Å². The van der Waals surface area contributed by atoms with Crippen LogP contribution >= 0.6 is 11.3 Å². The zero-order valence-electron chi connectivity index (χ0n) is 18.8. The third-order valence-corrected chi connectivity index (χ3v) is 7.71. The molecule has 1 amide bonds. The van der Waals surface area contributed by atoms with Crippen LogP contribution in [0.3, 0.4) is 0 Å². The number of aryl methyl sites for hydroxylation is 2. The summed E-state index contributed by atoms with van der Waals surface area (Å²) in [6.45, 7) is 9.49. The molecular weight excluding hydrogens is 424 g/mol. The monoisotopic (exact) mass is 452 g/mol. The number of hydrogen-bond donors (Lipinski definition) is 0. The van der Waals surface area contributed by atoms with Crippen molar-refractivity contribution in [1.29, 1.82) is 0 Å². The summed E-state index contributed by atoms with van der Waals surface area (Å²) < 4.78 is 7.07. The van der Waals surface area contributed by atoms with E-state index in [-0.39, 0.29) is 24.1 Å². The standard InChI is InChI=1S/C24H28N4O3S/c1-15-12-18-6-4-5-7-19(18)28(15)21(29)14-27-20(13-26-8-10-31-11-9-26)25-23-22(24(27)30)16(2)17(3)32-23/h4-7,15H,8-14H2,1-3H3/t15-/m0/s1. The summed E-state index contributed by atoms with van der Waals surface area (Å²) in [5.74, 6) is 0.581. The van der Waals surface area contributed by atoms with E-state index in [1.54, 1.807) is 15.9 Å². The molecule has 7 nitrogen and oxygen atoms in total. The lowest BCUT2D eigenvalue weighted by molar-refractivity contribution is -0.119. The Morgan fingerprint density at radius 1 is 1.22 bits per heavy atom. The predicted molar refractivity (Wildman–Crippen MR) is 127 cm³/mol. The highest BCUT2D eigenvalue weighted by molar-refractivity contribution is 7.18. The van der Waals surface area contributed by atoms with E-state index in [4.69, 9.17) is 9.72 Å². The van der Waals surface area contributed by atoms with Gasteiger partial charge in [-0.2, -0.15) is 0 Å². The summed E-state index contributed by atoms with van der Waals surface area (Å²) in [6, 6.07) is 8.09. The quantitative estimate of drug-likeness (QED) is 0.609. The molecule has 0 radical (unpaired) electrons. The lowest BCUT2D eigenvalue weighted by Crippen LogP contribution is -2.42. The van der Waals surface area contributed by atoms with Crippen LogP contribution < -0.4 is 10.5 Å². The Balaban J connectivity index is 1.55. The van der Waals surface area contributed by atoms with Crippen LogP contribution in [0.15, 0.2) is 29.1 Å². The van der Waals surface area contributed by atoms with Gasteiger partial charge in [-0.3, -0.25) is 19.1 Å². The molecular formula is C24H28N4O3S. The topological polar surface area (TPSA) is 67.7 Å². The number of rotatable bonds is 4. The van der Waals surface area contributed by atoms with Crippen LogP contribution in [0, 0.1) is 13.8 Å². The van der Waals surface area contributed by atoms with Crippen molar-refractivity contribution in [2.24, 2.45) is 0 Å². The molecule has 2 aromatic heterocycles. The first-order valence-corrected chi connectivity index (χ1v) is 11.9.